The molecule has 3 rings (SSSR count). The number of nitro groups is 2. The van der Waals surface area contributed by atoms with Gasteiger partial charge in [-0.15, -0.1) is 6.58 Å². The molecule has 2 aromatic rings. The van der Waals surface area contributed by atoms with E-state index in [1.54, 1.807) is 13.8 Å². The van der Waals surface area contributed by atoms with E-state index in [0.717, 1.165) is 32.9 Å². The Labute approximate surface area is 257 Å². The second kappa shape index (κ2) is 15.5. The molecule has 240 valence electrons. The highest BCUT2D eigenvalue weighted by atomic mass is 32.2. The lowest BCUT2D eigenvalue weighted by Gasteiger charge is -2.31. The number of ether oxygens (including phenoxy) is 2. The number of hydrogen-bond donors (Lipinski definition) is 0. The van der Waals surface area contributed by atoms with E-state index >= 15 is 0 Å². The predicted octanol–water partition coefficient (Wildman–Crippen LogP) is 4.25. The van der Waals surface area contributed by atoms with Crippen molar-refractivity contribution >= 4 is 31.4 Å². The third-order valence-electron chi connectivity index (χ3n) is 6.91. The molecule has 0 saturated carbocycles. The van der Waals surface area contributed by atoms with Gasteiger partial charge in [-0.05, 0) is 45.2 Å². The molecule has 2 unspecified atom stereocenters. The summed E-state index contributed by atoms with van der Waals surface area (Å²) in [5, 5.41) is 23.3. The van der Waals surface area contributed by atoms with Gasteiger partial charge in [-0.2, -0.15) is 8.61 Å². The van der Waals surface area contributed by atoms with Crippen molar-refractivity contribution in [2.75, 3.05) is 26.3 Å². The van der Waals surface area contributed by atoms with Gasteiger partial charge in [-0.3, -0.25) is 20.2 Å². The van der Waals surface area contributed by atoms with Crippen molar-refractivity contribution in [2.45, 2.75) is 61.3 Å². The highest BCUT2D eigenvalue weighted by molar-refractivity contribution is 7.89. The lowest BCUT2D eigenvalue weighted by molar-refractivity contribution is -0.388. The molecule has 0 aliphatic heterocycles. The summed E-state index contributed by atoms with van der Waals surface area (Å²) in [7, 11) is -8.91. The molecule has 14 nitrogen and oxygen atoms in total. The van der Waals surface area contributed by atoms with Gasteiger partial charge in [0.15, 0.2) is 16.1 Å². The second-order valence-electron chi connectivity index (χ2n) is 9.67. The highest BCUT2D eigenvalue weighted by Crippen LogP contribution is 2.34. The molecular weight excluding hydrogens is 616 g/mol. The van der Waals surface area contributed by atoms with Crippen LogP contribution in [0.2, 0.25) is 0 Å². The maximum Gasteiger partial charge on any atom is 0.289 e. The standard InChI is InChI=1S/C28H36N4O10S2/c1-4-19-29(43(37,38)26-14-9-7-12-24(26)31(33)34)22-17-18-23(21-22)30(20-11-16-28(41-5-2)42-6-3)44(39,40)27-15-10-8-13-25(27)32(35)36/h4,7-10,12-15,17-18,22-23,28H,1,5-6,11,16,19-21H2,2-3H3. The van der Waals surface area contributed by atoms with Crippen LogP contribution in [0.5, 0.6) is 0 Å². The fourth-order valence-corrected chi connectivity index (χ4v) is 8.51. The number of nitrogens with zero attached hydrogens (tertiary/aromatic N) is 4. The SMILES string of the molecule is C=CCN(C1C=CC(N(CCCC(OCC)OCC)S(=O)(=O)c2ccccc2[N+](=O)[O-])C1)S(=O)(=O)c1ccccc1[N+](=O)[O-]. The van der Waals surface area contributed by atoms with E-state index in [9.17, 15) is 37.1 Å². The van der Waals surface area contributed by atoms with E-state index in [1.807, 2.05) is 0 Å². The Morgan fingerprint density at radius 1 is 0.864 bits per heavy atom. The van der Waals surface area contributed by atoms with Crippen molar-refractivity contribution in [1.29, 1.82) is 0 Å². The van der Waals surface area contributed by atoms with Crippen LogP contribution < -0.4 is 0 Å². The lowest BCUT2D eigenvalue weighted by Crippen LogP contribution is -2.44. The van der Waals surface area contributed by atoms with E-state index in [2.05, 4.69) is 6.58 Å². The van der Waals surface area contributed by atoms with E-state index in [-0.39, 0.29) is 25.9 Å². The Morgan fingerprint density at radius 3 is 1.77 bits per heavy atom. The molecule has 0 spiro atoms. The third kappa shape index (κ3) is 7.94. The molecule has 0 bridgehead atoms. The molecule has 2 atom stereocenters. The molecule has 0 radical (unpaired) electrons. The highest BCUT2D eigenvalue weighted by Gasteiger charge is 2.41. The van der Waals surface area contributed by atoms with Gasteiger partial charge in [0.25, 0.3) is 21.4 Å². The van der Waals surface area contributed by atoms with Crippen LogP contribution >= 0.6 is 0 Å². The Hall–Kier alpha value is -3.54. The monoisotopic (exact) mass is 652 g/mol. The van der Waals surface area contributed by atoms with Gasteiger partial charge < -0.3 is 9.47 Å². The van der Waals surface area contributed by atoms with Crippen molar-refractivity contribution in [3.8, 4) is 0 Å². The summed E-state index contributed by atoms with van der Waals surface area (Å²) in [5.74, 6) is 0. The summed E-state index contributed by atoms with van der Waals surface area (Å²) in [6.45, 7) is 7.69. The molecule has 0 aromatic heterocycles. The Bertz CT molecular complexity index is 1570. The summed E-state index contributed by atoms with van der Waals surface area (Å²) in [4.78, 5) is 20.8. The summed E-state index contributed by atoms with van der Waals surface area (Å²) >= 11 is 0. The van der Waals surface area contributed by atoms with E-state index in [0.29, 0.717) is 19.6 Å². The number of sulfonamides is 2. The minimum absolute atomic E-state index is 0.0477. The van der Waals surface area contributed by atoms with Gasteiger partial charge in [-0.25, -0.2) is 16.8 Å². The van der Waals surface area contributed by atoms with Gasteiger partial charge in [-0.1, -0.05) is 42.5 Å². The first-order valence-corrected chi connectivity index (χ1v) is 16.8. The molecule has 2 aromatic carbocycles. The lowest BCUT2D eigenvalue weighted by atomic mass is 10.2. The van der Waals surface area contributed by atoms with Crippen LogP contribution in [0.25, 0.3) is 0 Å². The molecular formula is C28H36N4O10S2. The average Bonchev–Trinajstić information content (AvgIpc) is 3.47. The fraction of sp³-hybridized carbons (Fsp3) is 0.429. The number of benzene rings is 2. The van der Waals surface area contributed by atoms with Gasteiger partial charge in [0.1, 0.15) is 0 Å². The van der Waals surface area contributed by atoms with Crippen molar-refractivity contribution in [3.63, 3.8) is 0 Å². The molecule has 1 aliphatic carbocycles. The number of hydrogen-bond acceptors (Lipinski definition) is 10. The minimum Gasteiger partial charge on any atom is -0.353 e. The molecule has 44 heavy (non-hydrogen) atoms. The largest absolute Gasteiger partial charge is 0.353 e. The minimum atomic E-state index is -4.47. The summed E-state index contributed by atoms with van der Waals surface area (Å²) in [6.07, 6.45) is 4.35. The van der Waals surface area contributed by atoms with Crippen molar-refractivity contribution < 1.29 is 36.2 Å². The summed E-state index contributed by atoms with van der Waals surface area (Å²) in [5.41, 5.74) is -1.19. The van der Waals surface area contributed by atoms with Crippen molar-refractivity contribution in [2.24, 2.45) is 0 Å². The van der Waals surface area contributed by atoms with Crippen molar-refractivity contribution in [1.82, 2.24) is 8.61 Å². The van der Waals surface area contributed by atoms with Crippen molar-refractivity contribution in [3.05, 3.63) is 93.6 Å². The second-order valence-corrected chi connectivity index (χ2v) is 13.4. The van der Waals surface area contributed by atoms with Gasteiger partial charge in [0.05, 0.1) is 9.85 Å². The molecule has 0 amide bonds. The van der Waals surface area contributed by atoms with Crippen LogP contribution in [0.15, 0.2) is 83.1 Å². The van der Waals surface area contributed by atoms with E-state index < -0.39 is 69.4 Å². The van der Waals surface area contributed by atoms with E-state index in [1.165, 1.54) is 42.5 Å². The first kappa shape index (κ1) is 34.9. The Kier molecular flexibility index (Phi) is 12.3. The van der Waals surface area contributed by atoms with Crippen LogP contribution in [-0.2, 0) is 29.5 Å². The fourth-order valence-electron chi connectivity index (χ4n) is 5.00. The first-order chi connectivity index (χ1) is 20.9. The molecule has 0 saturated heterocycles. The maximum absolute atomic E-state index is 14.0. The molecule has 16 heteroatoms. The zero-order valence-corrected chi connectivity index (χ0v) is 26.1. The molecule has 0 fully saturated rings. The van der Waals surface area contributed by atoms with E-state index in [4.69, 9.17) is 9.47 Å². The van der Waals surface area contributed by atoms with Gasteiger partial charge >= 0.3 is 0 Å². The quantitative estimate of drug-likeness (QED) is 0.0978. The molecule has 1 aliphatic rings. The maximum atomic E-state index is 14.0. The van der Waals surface area contributed by atoms with Crippen LogP contribution in [0.1, 0.15) is 33.1 Å². The van der Waals surface area contributed by atoms with Crippen LogP contribution in [0.4, 0.5) is 11.4 Å². The number of rotatable bonds is 18. The zero-order chi connectivity index (χ0) is 32.5. The number of para-hydroxylation sites is 2. The zero-order valence-electron chi connectivity index (χ0n) is 24.4. The Balaban J connectivity index is 1.99. The van der Waals surface area contributed by atoms with Gasteiger partial charge in [0.2, 0.25) is 10.0 Å². The van der Waals surface area contributed by atoms with Crippen LogP contribution in [0, 0.1) is 20.2 Å². The smallest absolute Gasteiger partial charge is 0.289 e. The van der Waals surface area contributed by atoms with Crippen LogP contribution in [0.3, 0.4) is 0 Å². The summed E-state index contributed by atoms with van der Waals surface area (Å²) < 4.78 is 68.8. The normalized spacial score (nSPS) is 17.0. The summed E-state index contributed by atoms with van der Waals surface area (Å²) in [6, 6.07) is 8.17. The predicted molar refractivity (Wildman–Crippen MR) is 162 cm³/mol. The molecule has 0 heterocycles. The molecule has 0 N–H and O–H groups in total. The third-order valence-corrected chi connectivity index (χ3v) is 10.8. The topological polar surface area (TPSA) is 179 Å². The average molecular weight is 653 g/mol. The van der Waals surface area contributed by atoms with Crippen LogP contribution in [-0.4, -0.2) is 80.0 Å². The number of nitro benzene ring substituents is 2. The Morgan fingerprint density at radius 2 is 1.32 bits per heavy atom. The van der Waals surface area contributed by atoms with Gasteiger partial charge in [0, 0.05) is 50.5 Å². The first-order valence-electron chi connectivity index (χ1n) is 13.9.